The van der Waals surface area contributed by atoms with Crippen molar-refractivity contribution in [3.8, 4) is 5.75 Å². The number of hydroxylamine groups is 1. The van der Waals surface area contributed by atoms with Crippen LogP contribution in [0, 0.1) is 0 Å². The minimum absolute atomic E-state index is 0.0614. The minimum atomic E-state index is -0.975. The molecule has 0 saturated heterocycles. The smallest absolute Gasteiger partial charge is 0.333 e. The van der Waals surface area contributed by atoms with Crippen molar-refractivity contribution in [3.05, 3.63) is 35.3 Å². The molecule has 3 rings (SSSR count). The van der Waals surface area contributed by atoms with Gasteiger partial charge in [-0.3, -0.25) is 9.78 Å². The number of amides is 1. The average molecular weight is 360 g/mol. The highest BCUT2D eigenvalue weighted by Gasteiger charge is 2.23. The minimum Gasteiger partial charge on any atom is -0.506 e. The molecule has 4 N–H and O–H groups in total. The molecule has 26 heavy (non-hydrogen) atoms. The summed E-state index contributed by atoms with van der Waals surface area (Å²) < 4.78 is 0. The molecule has 1 aromatic heterocycles. The van der Waals surface area contributed by atoms with E-state index < -0.39 is 12.1 Å². The molecule has 1 unspecified atom stereocenters. The molecular formula is C17H20N4O5. The first-order valence-corrected chi connectivity index (χ1v) is 8.42. The molecule has 9 heteroatoms. The van der Waals surface area contributed by atoms with Crippen LogP contribution in [0.15, 0.2) is 34.6 Å². The van der Waals surface area contributed by atoms with E-state index in [0.717, 1.165) is 12.8 Å². The van der Waals surface area contributed by atoms with Gasteiger partial charge in [-0.25, -0.2) is 9.79 Å². The third-order valence-corrected chi connectivity index (χ3v) is 4.19. The number of aromatic hydroxyl groups is 1. The number of aromatic nitrogens is 1. The van der Waals surface area contributed by atoms with E-state index in [1.54, 1.807) is 6.07 Å². The lowest BCUT2D eigenvalue weighted by atomic mass is 9.96. The van der Waals surface area contributed by atoms with Crippen molar-refractivity contribution in [2.45, 2.75) is 44.7 Å². The van der Waals surface area contributed by atoms with Crippen LogP contribution < -0.4 is 10.8 Å². The lowest BCUT2D eigenvalue weighted by Gasteiger charge is -2.18. The van der Waals surface area contributed by atoms with E-state index in [2.05, 4.69) is 20.8 Å². The van der Waals surface area contributed by atoms with Gasteiger partial charge >= 0.3 is 5.97 Å². The van der Waals surface area contributed by atoms with Crippen LogP contribution in [0.2, 0.25) is 0 Å². The van der Waals surface area contributed by atoms with E-state index in [9.17, 15) is 19.8 Å². The number of hydrogen-bond donors (Lipinski definition) is 4. The quantitative estimate of drug-likeness (QED) is 0.604. The van der Waals surface area contributed by atoms with E-state index in [1.807, 2.05) is 0 Å². The van der Waals surface area contributed by atoms with Crippen molar-refractivity contribution in [1.29, 1.82) is 0 Å². The number of aliphatic carboxylic acids is 1. The second kappa shape index (κ2) is 7.96. The summed E-state index contributed by atoms with van der Waals surface area (Å²) in [6, 6.07) is 3.13. The van der Waals surface area contributed by atoms with Crippen LogP contribution in [-0.2, 0) is 14.4 Å². The highest BCUT2D eigenvalue weighted by atomic mass is 16.7. The van der Waals surface area contributed by atoms with Gasteiger partial charge in [0.1, 0.15) is 5.75 Å². The molecule has 0 radical (unpaired) electrons. The predicted octanol–water partition coefficient (Wildman–Crippen LogP) is 1.53. The highest BCUT2D eigenvalue weighted by molar-refractivity contribution is 5.90. The molecule has 1 atom stereocenters. The van der Waals surface area contributed by atoms with Crippen molar-refractivity contribution >= 4 is 17.8 Å². The lowest BCUT2D eigenvalue weighted by molar-refractivity contribution is -0.133. The Morgan fingerprint density at radius 3 is 2.85 bits per heavy atom. The molecule has 138 valence electrons. The Morgan fingerprint density at radius 2 is 2.12 bits per heavy atom. The number of carboxylic acid groups (broad SMARTS) is 1. The second-order valence-corrected chi connectivity index (χ2v) is 6.10. The molecule has 0 aromatic carbocycles. The van der Waals surface area contributed by atoms with Crippen LogP contribution in [0.5, 0.6) is 5.75 Å². The van der Waals surface area contributed by atoms with Gasteiger partial charge in [-0.1, -0.05) is 0 Å². The number of rotatable bonds is 6. The SMILES string of the molecule is O=C(CCC1=NC(c2ccc(O)cn2)NO1)NC1=C(C(=O)O)CCCC1. The van der Waals surface area contributed by atoms with Gasteiger partial charge < -0.3 is 20.4 Å². The molecule has 1 aliphatic carbocycles. The van der Waals surface area contributed by atoms with Gasteiger partial charge in [0.25, 0.3) is 0 Å². The molecule has 1 amide bonds. The fourth-order valence-electron chi connectivity index (χ4n) is 2.85. The van der Waals surface area contributed by atoms with E-state index >= 15 is 0 Å². The number of nitrogens with zero attached hydrogens (tertiary/aromatic N) is 2. The Balaban J connectivity index is 1.54. The molecule has 2 heterocycles. The number of carbonyl (C=O) groups excluding carboxylic acids is 1. The molecule has 0 saturated carbocycles. The van der Waals surface area contributed by atoms with Gasteiger partial charge in [0, 0.05) is 18.5 Å². The van der Waals surface area contributed by atoms with Gasteiger partial charge in [-0.15, -0.1) is 5.48 Å². The Kier molecular flexibility index (Phi) is 5.47. The fourth-order valence-corrected chi connectivity index (χ4v) is 2.85. The largest absolute Gasteiger partial charge is 0.506 e. The van der Waals surface area contributed by atoms with E-state index in [0.29, 0.717) is 35.7 Å². The van der Waals surface area contributed by atoms with Crippen molar-refractivity contribution in [3.63, 3.8) is 0 Å². The summed E-state index contributed by atoms with van der Waals surface area (Å²) >= 11 is 0. The van der Waals surface area contributed by atoms with Gasteiger partial charge in [-0.2, -0.15) is 0 Å². The summed E-state index contributed by atoms with van der Waals surface area (Å²) in [6.45, 7) is 0. The normalized spacial score (nSPS) is 19.7. The number of carbonyl (C=O) groups is 2. The molecule has 2 aliphatic rings. The maximum atomic E-state index is 12.1. The Labute approximate surface area is 149 Å². The Bertz CT molecular complexity index is 757. The lowest BCUT2D eigenvalue weighted by Crippen LogP contribution is -2.27. The first-order chi connectivity index (χ1) is 12.5. The standard InChI is InChI=1S/C17H20N4O5/c22-10-5-6-13(18-9-10)16-20-15(26-21-16)8-7-14(23)19-12-4-2-1-3-11(12)17(24)25/h5-6,9,16,21-22H,1-4,7-8H2,(H,19,23)(H,24,25). The monoisotopic (exact) mass is 360 g/mol. The van der Waals surface area contributed by atoms with Crippen molar-refractivity contribution in [2.75, 3.05) is 0 Å². The molecule has 9 nitrogen and oxygen atoms in total. The number of pyridine rings is 1. The molecule has 0 bridgehead atoms. The topological polar surface area (TPSA) is 133 Å². The summed E-state index contributed by atoms with van der Waals surface area (Å²) in [7, 11) is 0. The summed E-state index contributed by atoms with van der Waals surface area (Å²) in [5.74, 6) is -0.808. The van der Waals surface area contributed by atoms with Gasteiger partial charge in [-0.05, 0) is 37.8 Å². The fraction of sp³-hybridized carbons (Fsp3) is 0.412. The third kappa shape index (κ3) is 4.37. The number of allylic oxidation sites excluding steroid dienone is 1. The average Bonchev–Trinajstić information content (AvgIpc) is 3.10. The molecular weight excluding hydrogens is 340 g/mol. The summed E-state index contributed by atoms with van der Waals surface area (Å²) in [5.41, 5.74) is 4.08. The first kappa shape index (κ1) is 17.9. The Morgan fingerprint density at radius 1 is 1.31 bits per heavy atom. The van der Waals surface area contributed by atoms with Crippen LogP contribution in [0.3, 0.4) is 0 Å². The number of hydrogen-bond acceptors (Lipinski definition) is 7. The maximum Gasteiger partial charge on any atom is 0.333 e. The summed E-state index contributed by atoms with van der Waals surface area (Å²) in [6.07, 6.45) is 3.98. The van der Waals surface area contributed by atoms with Gasteiger partial charge in [0.15, 0.2) is 6.17 Å². The van der Waals surface area contributed by atoms with Gasteiger partial charge in [0.05, 0.1) is 17.5 Å². The van der Waals surface area contributed by atoms with Crippen LogP contribution >= 0.6 is 0 Å². The van der Waals surface area contributed by atoms with Crippen LogP contribution in [0.25, 0.3) is 0 Å². The maximum absolute atomic E-state index is 12.1. The zero-order valence-electron chi connectivity index (χ0n) is 14.1. The summed E-state index contributed by atoms with van der Waals surface area (Å²) in [5, 5.41) is 21.2. The molecule has 0 spiro atoms. The van der Waals surface area contributed by atoms with Crippen molar-refractivity contribution in [1.82, 2.24) is 15.8 Å². The predicted molar refractivity (Wildman–Crippen MR) is 90.8 cm³/mol. The van der Waals surface area contributed by atoms with Crippen LogP contribution in [0.4, 0.5) is 0 Å². The first-order valence-electron chi connectivity index (χ1n) is 8.42. The van der Waals surface area contributed by atoms with Crippen LogP contribution in [-0.4, -0.2) is 33.0 Å². The highest BCUT2D eigenvalue weighted by Crippen LogP contribution is 2.23. The zero-order valence-corrected chi connectivity index (χ0v) is 14.1. The third-order valence-electron chi connectivity index (χ3n) is 4.19. The van der Waals surface area contributed by atoms with Crippen molar-refractivity contribution < 1.29 is 24.6 Å². The Hall–Kier alpha value is -2.94. The number of aliphatic imine (C=N–C) groups is 1. The second-order valence-electron chi connectivity index (χ2n) is 6.10. The molecule has 0 fully saturated rings. The van der Waals surface area contributed by atoms with Crippen molar-refractivity contribution in [2.24, 2.45) is 4.99 Å². The van der Waals surface area contributed by atoms with Crippen LogP contribution in [0.1, 0.15) is 50.4 Å². The number of carboxylic acids is 1. The summed E-state index contributed by atoms with van der Waals surface area (Å²) in [4.78, 5) is 37.0. The molecule has 1 aliphatic heterocycles. The number of nitrogens with one attached hydrogen (secondary N) is 2. The van der Waals surface area contributed by atoms with E-state index in [-0.39, 0.29) is 24.5 Å². The van der Waals surface area contributed by atoms with Gasteiger partial charge in [0.2, 0.25) is 11.8 Å². The van der Waals surface area contributed by atoms with E-state index in [1.165, 1.54) is 12.3 Å². The molecule has 1 aromatic rings. The zero-order chi connectivity index (χ0) is 18.5. The van der Waals surface area contributed by atoms with E-state index in [4.69, 9.17) is 4.84 Å².